The van der Waals surface area contributed by atoms with Crippen molar-refractivity contribution in [3.63, 3.8) is 0 Å². The Morgan fingerprint density at radius 1 is 0.483 bits per heavy atom. The molecule has 1 saturated carbocycles. The first-order valence-electron chi connectivity index (χ1n) is 26.9. The van der Waals surface area contributed by atoms with E-state index in [2.05, 4.69) is 30.6 Å². The third-order valence-corrected chi connectivity index (χ3v) is 13.3. The van der Waals surface area contributed by atoms with E-state index in [0.717, 1.165) is 84.1 Å². The molecule has 0 spiro atoms. The second kappa shape index (κ2) is 44.4. The molecule has 0 amide bonds. The van der Waals surface area contributed by atoms with Crippen LogP contribution in [-0.4, -0.2) is 85.4 Å². The Hall–Kier alpha value is -1.18. The van der Waals surface area contributed by atoms with Crippen LogP contribution in [0.1, 0.15) is 265 Å². The van der Waals surface area contributed by atoms with E-state index < -0.39 is 0 Å². The average Bonchev–Trinajstić information content (AvgIpc) is 3.26. The summed E-state index contributed by atoms with van der Waals surface area (Å²) >= 11 is 0. The van der Waals surface area contributed by atoms with E-state index in [9.17, 15) is 14.7 Å². The van der Waals surface area contributed by atoms with Crippen molar-refractivity contribution < 1.29 is 24.2 Å². The molecule has 1 fully saturated rings. The lowest BCUT2D eigenvalue weighted by molar-refractivity contribution is -0.145. The predicted octanol–water partition coefficient (Wildman–Crippen LogP) is 14.6. The Morgan fingerprint density at radius 2 is 0.933 bits per heavy atom. The summed E-state index contributed by atoms with van der Waals surface area (Å²) in [5.41, 5.74) is 0. The predicted molar refractivity (Wildman–Crippen MR) is 257 cm³/mol. The molecule has 0 aromatic rings. The van der Waals surface area contributed by atoms with Gasteiger partial charge in [-0.15, -0.1) is 0 Å². The summed E-state index contributed by atoms with van der Waals surface area (Å²) in [5, 5.41) is 9.86. The average molecular weight is 849 g/mol. The second-order valence-corrected chi connectivity index (χ2v) is 18.9. The monoisotopic (exact) mass is 849 g/mol. The highest BCUT2D eigenvalue weighted by Crippen LogP contribution is 2.24. The fourth-order valence-corrected chi connectivity index (χ4v) is 9.26. The largest absolute Gasteiger partial charge is 0.466 e. The maximum Gasteiger partial charge on any atom is 0.305 e. The lowest BCUT2D eigenvalue weighted by atomic mass is 9.94. The molecule has 7 heteroatoms. The Morgan fingerprint density at radius 3 is 1.48 bits per heavy atom. The number of carbonyl (C=O) groups excluding carboxylic acids is 2. The fraction of sp³-hybridized carbons (Fsp3) is 0.962. The number of esters is 2. The number of unbranched alkanes of at least 4 members (excludes halogenated alkanes) is 24. The molecule has 1 N–H and O–H groups in total. The van der Waals surface area contributed by atoms with Crippen molar-refractivity contribution in [1.29, 1.82) is 0 Å². The highest BCUT2D eigenvalue weighted by molar-refractivity contribution is 5.69. The minimum Gasteiger partial charge on any atom is -0.466 e. The Labute approximate surface area is 374 Å². The lowest BCUT2D eigenvalue weighted by Gasteiger charge is -2.36. The van der Waals surface area contributed by atoms with Crippen LogP contribution in [0, 0.1) is 5.92 Å². The standard InChI is InChI=1S/C53H104N2O5/c1-4-7-10-13-16-17-18-24-35-48-59-52(57)40-32-26-34-43-55(51-38-29-25-30-39-51)45-44-54(46-47-56)42-33-23-19-22-31-41-53(58)60-49-50(36-27-20-14-11-8-5-2)37-28-21-15-12-9-6-3/h50-51,56H,4-49H2,1-3H3. The number of hydrogen-bond donors (Lipinski definition) is 1. The van der Waals surface area contributed by atoms with Crippen LogP contribution in [0.4, 0.5) is 0 Å². The van der Waals surface area contributed by atoms with E-state index in [4.69, 9.17) is 9.47 Å². The first-order valence-corrected chi connectivity index (χ1v) is 26.9. The van der Waals surface area contributed by atoms with Crippen molar-refractivity contribution in [3.8, 4) is 0 Å². The molecule has 0 atom stereocenters. The van der Waals surface area contributed by atoms with Crippen LogP contribution in [-0.2, 0) is 19.1 Å². The normalized spacial score (nSPS) is 13.6. The molecule has 7 nitrogen and oxygen atoms in total. The van der Waals surface area contributed by atoms with Gasteiger partial charge in [-0.3, -0.25) is 19.4 Å². The summed E-state index contributed by atoms with van der Waals surface area (Å²) in [6.45, 7) is 13.2. The van der Waals surface area contributed by atoms with Crippen LogP contribution in [0.25, 0.3) is 0 Å². The summed E-state index contributed by atoms with van der Waals surface area (Å²) < 4.78 is 11.4. The van der Waals surface area contributed by atoms with Gasteiger partial charge in [0, 0.05) is 38.5 Å². The zero-order valence-electron chi connectivity index (χ0n) is 40.7. The molecule has 0 aromatic carbocycles. The summed E-state index contributed by atoms with van der Waals surface area (Å²) in [7, 11) is 0. The van der Waals surface area contributed by atoms with E-state index in [1.807, 2.05) is 0 Å². The lowest BCUT2D eigenvalue weighted by Crippen LogP contribution is -2.43. The molecule has 1 aliphatic carbocycles. The zero-order valence-corrected chi connectivity index (χ0v) is 40.7. The topological polar surface area (TPSA) is 79.3 Å². The van der Waals surface area contributed by atoms with E-state index in [1.54, 1.807) is 0 Å². The molecule has 0 unspecified atom stereocenters. The molecular formula is C53H104N2O5. The molecule has 0 aromatic heterocycles. The van der Waals surface area contributed by atoms with Gasteiger partial charge in [0.1, 0.15) is 0 Å². The van der Waals surface area contributed by atoms with Gasteiger partial charge >= 0.3 is 11.9 Å². The Kier molecular flexibility index (Phi) is 42.1. The quantitative estimate of drug-likeness (QED) is 0.0483. The van der Waals surface area contributed by atoms with E-state index in [-0.39, 0.29) is 18.5 Å². The van der Waals surface area contributed by atoms with Gasteiger partial charge in [-0.25, -0.2) is 0 Å². The molecule has 0 bridgehead atoms. The molecule has 1 rings (SSSR count). The van der Waals surface area contributed by atoms with Crippen LogP contribution in [0.5, 0.6) is 0 Å². The van der Waals surface area contributed by atoms with Gasteiger partial charge in [0.05, 0.1) is 19.8 Å². The molecule has 0 radical (unpaired) electrons. The summed E-state index contributed by atoms with van der Waals surface area (Å²) in [6, 6.07) is 0.675. The number of nitrogens with zero attached hydrogens (tertiary/aromatic N) is 2. The first kappa shape index (κ1) is 56.8. The minimum atomic E-state index is -0.0165. The fourth-order valence-electron chi connectivity index (χ4n) is 9.26. The summed E-state index contributed by atoms with van der Waals surface area (Å²) in [4.78, 5) is 30.2. The summed E-state index contributed by atoms with van der Waals surface area (Å²) in [6.07, 6.45) is 46.2. The Balaban J connectivity index is 2.28. The smallest absolute Gasteiger partial charge is 0.305 e. The van der Waals surface area contributed by atoms with Crippen LogP contribution in [0.15, 0.2) is 0 Å². The maximum atomic E-state index is 12.7. The SMILES string of the molecule is CCCCCCCCCCCOC(=O)CCCCCN(CCN(CCO)CCCCCCCC(=O)OCC(CCCCCCCC)CCCCCCCC)C1CCCCC1. The molecule has 0 aliphatic heterocycles. The van der Waals surface area contributed by atoms with Crippen LogP contribution < -0.4 is 0 Å². The summed E-state index contributed by atoms with van der Waals surface area (Å²) in [5.74, 6) is 0.519. The Bertz CT molecular complexity index is 896. The van der Waals surface area contributed by atoms with Crippen molar-refractivity contribution in [2.75, 3.05) is 52.5 Å². The van der Waals surface area contributed by atoms with Crippen molar-refractivity contribution in [2.45, 2.75) is 271 Å². The third-order valence-electron chi connectivity index (χ3n) is 13.3. The van der Waals surface area contributed by atoms with Gasteiger partial charge < -0.3 is 14.6 Å². The van der Waals surface area contributed by atoms with E-state index in [1.165, 1.54) is 180 Å². The van der Waals surface area contributed by atoms with Crippen molar-refractivity contribution >= 4 is 11.9 Å². The zero-order chi connectivity index (χ0) is 43.4. The first-order chi connectivity index (χ1) is 29.5. The van der Waals surface area contributed by atoms with Gasteiger partial charge in [-0.2, -0.15) is 0 Å². The van der Waals surface area contributed by atoms with Crippen molar-refractivity contribution in [2.24, 2.45) is 5.92 Å². The number of hydrogen-bond acceptors (Lipinski definition) is 7. The number of carbonyl (C=O) groups is 2. The van der Waals surface area contributed by atoms with Crippen molar-refractivity contribution in [1.82, 2.24) is 9.80 Å². The molecule has 0 saturated heterocycles. The third kappa shape index (κ3) is 36.3. The van der Waals surface area contributed by atoms with Gasteiger partial charge in [0.25, 0.3) is 0 Å². The molecule has 60 heavy (non-hydrogen) atoms. The number of aliphatic hydroxyl groups is 1. The molecule has 1 aliphatic rings. The second-order valence-electron chi connectivity index (χ2n) is 18.9. The number of ether oxygens (including phenoxy) is 2. The maximum absolute atomic E-state index is 12.7. The minimum absolute atomic E-state index is 0.00428. The van der Waals surface area contributed by atoms with Gasteiger partial charge in [0.2, 0.25) is 0 Å². The number of rotatable bonds is 46. The highest BCUT2D eigenvalue weighted by atomic mass is 16.5. The van der Waals surface area contributed by atoms with Crippen LogP contribution in [0.3, 0.4) is 0 Å². The highest BCUT2D eigenvalue weighted by Gasteiger charge is 2.21. The van der Waals surface area contributed by atoms with Crippen LogP contribution >= 0.6 is 0 Å². The molecule has 0 heterocycles. The van der Waals surface area contributed by atoms with Crippen molar-refractivity contribution in [3.05, 3.63) is 0 Å². The number of aliphatic hydroxyl groups excluding tert-OH is 1. The van der Waals surface area contributed by atoms with Gasteiger partial charge in [0.15, 0.2) is 0 Å². The molecular weight excluding hydrogens is 745 g/mol. The van der Waals surface area contributed by atoms with Gasteiger partial charge in [-0.1, -0.05) is 194 Å². The van der Waals surface area contributed by atoms with Gasteiger partial charge in [-0.05, 0) is 76.8 Å². The molecule has 356 valence electrons. The van der Waals surface area contributed by atoms with E-state index >= 15 is 0 Å². The van der Waals surface area contributed by atoms with Crippen LogP contribution in [0.2, 0.25) is 0 Å². The van der Waals surface area contributed by atoms with E-state index in [0.29, 0.717) is 38.0 Å².